The number of carbonyl (C=O) groups is 2. The Kier molecular flexibility index (Phi) is 6.12. The van der Waals surface area contributed by atoms with Crippen LogP contribution in [0.1, 0.15) is 27.0 Å². The van der Waals surface area contributed by atoms with Crippen molar-refractivity contribution in [2.24, 2.45) is 0 Å². The lowest BCUT2D eigenvalue weighted by Gasteiger charge is -2.26. The minimum Gasteiger partial charge on any atom is -0.467 e. The molecule has 1 atom stereocenters. The quantitative estimate of drug-likeness (QED) is 0.605. The van der Waals surface area contributed by atoms with Gasteiger partial charge in [-0.15, -0.1) is 0 Å². The number of methoxy groups -OCH3 is 1. The van der Waals surface area contributed by atoms with Gasteiger partial charge >= 0.3 is 5.97 Å². The number of aromatic nitrogens is 2. The predicted octanol–water partition coefficient (Wildman–Crippen LogP) is 3.35. The van der Waals surface area contributed by atoms with Crippen LogP contribution >= 0.6 is 0 Å². The first-order valence-corrected chi connectivity index (χ1v) is 9.39. The molecule has 1 amide bonds. The summed E-state index contributed by atoms with van der Waals surface area (Å²) in [5.41, 5.74) is 4.48. The van der Waals surface area contributed by atoms with Crippen LogP contribution in [0.15, 0.2) is 61.2 Å². The maximum absolute atomic E-state index is 13.0. The third-order valence-corrected chi connectivity index (χ3v) is 4.90. The lowest BCUT2D eigenvalue weighted by atomic mass is 10.0. The van der Waals surface area contributed by atoms with Crippen LogP contribution in [0.5, 0.6) is 0 Å². The molecule has 6 heteroatoms. The van der Waals surface area contributed by atoms with E-state index in [0.717, 1.165) is 22.4 Å². The molecule has 0 fully saturated rings. The molecule has 1 heterocycles. The highest BCUT2D eigenvalue weighted by molar-refractivity contribution is 5.97. The molecule has 0 radical (unpaired) electrons. The maximum Gasteiger partial charge on any atom is 0.328 e. The van der Waals surface area contributed by atoms with Crippen molar-refractivity contribution in [3.8, 4) is 5.69 Å². The average molecular weight is 391 g/mol. The van der Waals surface area contributed by atoms with Crippen LogP contribution in [-0.4, -0.2) is 46.5 Å². The Bertz CT molecular complexity index is 974. The van der Waals surface area contributed by atoms with E-state index in [0.29, 0.717) is 12.0 Å². The zero-order chi connectivity index (χ0) is 21.0. The van der Waals surface area contributed by atoms with E-state index in [-0.39, 0.29) is 5.91 Å². The third kappa shape index (κ3) is 4.71. The van der Waals surface area contributed by atoms with Crippen LogP contribution in [-0.2, 0) is 16.0 Å². The zero-order valence-electron chi connectivity index (χ0n) is 17.1. The smallest absolute Gasteiger partial charge is 0.328 e. The van der Waals surface area contributed by atoms with E-state index < -0.39 is 12.0 Å². The summed E-state index contributed by atoms with van der Waals surface area (Å²) in [5, 5.41) is 0. The number of nitrogens with zero attached hydrogens (tertiary/aromatic N) is 3. The topological polar surface area (TPSA) is 64.4 Å². The number of ether oxygens (including phenoxy) is 1. The van der Waals surface area contributed by atoms with Gasteiger partial charge in [0, 0.05) is 37.1 Å². The summed E-state index contributed by atoms with van der Waals surface area (Å²) in [4.78, 5) is 31.0. The van der Waals surface area contributed by atoms with Crippen LogP contribution in [0, 0.1) is 13.8 Å². The number of hydrogen-bond donors (Lipinski definition) is 0. The highest BCUT2D eigenvalue weighted by Crippen LogP contribution is 2.17. The Balaban J connectivity index is 1.82. The molecular weight excluding hydrogens is 366 g/mol. The second-order valence-corrected chi connectivity index (χ2v) is 7.17. The van der Waals surface area contributed by atoms with Gasteiger partial charge in [-0.25, -0.2) is 9.78 Å². The maximum atomic E-state index is 13.0. The number of aryl methyl sites for hydroxylation is 2. The Hall–Kier alpha value is -3.41. The van der Waals surface area contributed by atoms with Gasteiger partial charge in [-0.05, 0) is 43.7 Å². The first kappa shape index (κ1) is 20.3. The summed E-state index contributed by atoms with van der Waals surface area (Å²) >= 11 is 0. The molecule has 0 aliphatic heterocycles. The van der Waals surface area contributed by atoms with E-state index in [2.05, 4.69) is 4.98 Å². The van der Waals surface area contributed by atoms with Gasteiger partial charge in [0.05, 0.1) is 13.4 Å². The summed E-state index contributed by atoms with van der Waals surface area (Å²) in [6.07, 6.45) is 5.67. The summed E-state index contributed by atoms with van der Waals surface area (Å²) in [5.74, 6) is -0.647. The number of rotatable bonds is 6. The first-order chi connectivity index (χ1) is 13.9. The Morgan fingerprint density at radius 1 is 1.10 bits per heavy atom. The molecule has 0 aliphatic carbocycles. The fourth-order valence-corrected chi connectivity index (χ4v) is 3.40. The van der Waals surface area contributed by atoms with Crippen LogP contribution in [0.2, 0.25) is 0 Å². The lowest BCUT2D eigenvalue weighted by Crippen LogP contribution is -2.44. The van der Waals surface area contributed by atoms with E-state index in [9.17, 15) is 9.59 Å². The molecule has 0 spiro atoms. The number of amides is 1. The highest BCUT2D eigenvalue weighted by atomic mass is 16.5. The van der Waals surface area contributed by atoms with E-state index in [4.69, 9.17) is 4.74 Å². The van der Waals surface area contributed by atoms with Gasteiger partial charge < -0.3 is 14.2 Å². The molecule has 0 aliphatic rings. The summed E-state index contributed by atoms with van der Waals surface area (Å²) in [6, 6.07) is 12.8. The number of hydrogen-bond acceptors (Lipinski definition) is 4. The van der Waals surface area contributed by atoms with Crippen molar-refractivity contribution in [2.75, 3.05) is 14.2 Å². The largest absolute Gasteiger partial charge is 0.467 e. The van der Waals surface area contributed by atoms with Crippen LogP contribution < -0.4 is 0 Å². The summed E-state index contributed by atoms with van der Waals surface area (Å²) < 4.78 is 6.88. The molecule has 0 saturated heterocycles. The molecule has 3 aromatic rings. The van der Waals surface area contributed by atoms with Crippen LogP contribution in [0.3, 0.4) is 0 Å². The van der Waals surface area contributed by atoms with Crippen LogP contribution in [0.4, 0.5) is 0 Å². The highest BCUT2D eigenvalue weighted by Gasteiger charge is 2.29. The molecule has 0 saturated carbocycles. The van der Waals surface area contributed by atoms with Gasteiger partial charge in [0.1, 0.15) is 6.04 Å². The van der Waals surface area contributed by atoms with Gasteiger partial charge in [0.15, 0.2) is 0 Å². The number of benzene rings is 2. The minimum atomic E-state index is -0.715. The minimum absolute atomic E-state index is 0.206. The summed E-state index contributed by atoms with van der Waals surface area (Å²) in [7, 11) is 2.98. The van der Waals surface area contributed by atoms with E-state index in [1.165, 1.54) is 12.0 Å². The van der Waals surface area contributed by atoms with Gasteiger partial charge in [-0.3, -0.25) is 4.79 Å². The molecule has 6 nitrogen and oxygen atoms in total. The summed E-state index contributed by atoms with van der Waals surface area (Å²) in [6.45, 7) is 3.90. The Morgan fingerprint density at radius 2 is 1.76 bits per heavy atom. The molecule has 2 aromatic carbocycles. The molecule has 150 valence electrons. The fourth-order valence-electron chi connectivity index (χ4n) is 3.40. The van der Waals surface area contributed by atoms with Crippen LogP contribution in [0.25, 0.3) is 5.69 Å². The lowest BCUT2D eigenvalue weighted by molar-refractivity contribution is -0.145. The number of likely N-dealkylation sites (N-methyl/N-ethyl adjacent to an activating group) is 1. The predicted molar refractivity (Wildman–Crippen MR) is 111 cm³/mol. The number of carbonyl (C=O) groups excluding carboxylic acids is 2. The van der Waals surface area contributed by atoms with Gasteiger partial charge in [0.25, 0.3) is 5.91 Å². The Morgan fingerprint density at radius 3 is 2.31 bits per heavy atom. The van der Waals surface area contributed by atoms with Crippen molar-refractivity contribution in [1.82, 2.24) is 14.5 Å². The zero-order valence-corrected chi connectivity index (χ0v) is 17.1. The first-order valence-electron chi connectivity index (χ1n) is 9.39. The van der Waals surface area contributed by atoms with E-state index in [1.807, 2.05) is 67.1 Å². The number of esters is 1. The van der Waals surface area contributed by atoms with Crippen molar-refractivity contribution < 1.29 is 14.3 Å². The SMILES string of the molecule is COC(=O)C(Cc1ccc(-n2ccnc2)cc1)N(C)C(=O)c1cc(C)cc(C)c1. The third-order valence-electron chi connectivity index (χ3n) is 4.90. The van der Waals surface area contributed by atoms with Gasteiger partial charge in [-0.2, -0.15) is 0 Å². The average Bonchev–Trinajstić information content (AvgIpc) is 3.25. The fraction of sp³-hybridized carbons (Fsp3) is 0.261. The second-order valence-electron chi connectivity index (χ2n) is 7.17. The second kappa shape index (κ2) is 8.73. The normalized spacial score (nSPS) is 11.7. The van der Waals surface area contributed by atoms with Crippen molar-refractivity contribution >= 4 is 11.9 Å². The van der Waals surface area contributed by atoms with E-state index in [1.54, 1.807) is 19.6 Å². The molecular formula is C23H25N3O3. The molecule has 29 heavy (non-hydrogen) atoms. The molecule has 1 aromatic heterocycles. The molecule has 0 bridgehead atoms. The monoisotopic (exact) mass is 391 g/mol. The van der Waals surface area contributed by atoms with Gasteiger partial charge in [-0.1, -0.05) is 29.3 Å². The standard InChI is InChI=1S/C23H25N3O3/c1-16-11-17(2)13-19(12-16)22(27)25(3)21(23(28)29-4)14-18-5-7-20(8-6-18)26-10-9-24-15-26/h5-13,15,21H,14H2,1-4H3. The van der Waals surface area contributed by atoms with E-state index >= 15 is 0 Å². The molecule has 1 unspecified atom stereocenters. The van der Waals surface area contributed by atoms with Crippen molar-refractivity contribution in [3.63, 3.8) is 0 Å². The van der Waals surface area contributed by atoms with Crippen molar-refractivity contribution in [2.45, 2.75) is 26.3 Å². The molecule has 3 rings (SSSR count). The van der Waals surface area contributed by atoms with Crippen molar-refractivity contribution in [1.29, 1.82) is 0 Å². The van der Waals surface area contributed by atoms with Gasteiger partial charge in [0.2, 0.25) is 0 Å². The Labute approximate surface area is 170 Å². The molecule has 0 N–H and O–H groups in total. The van der Waals surface area contributed by atoms with Crippen molar-refractivity contribution in [3.05, 3.63) is 83.4 Å². The number of imidazole rings is 1.